The first-order valence-corrected chi connectivity index (χ1v) is 9.14. The number of amidine groups is 1. The lowest BCUT2D eigenvalue weighted by Gasteiger charge is -1.93. The second-order valence-electron chi connectivity index (χ2n) is 5.18. The van der Waals surface area contributed by atoms with Gasteiger partial charge in [-0.25, -0.2) is 0 Å². The summed E-state index contributed by atoms with van der Waals surface area (Å²) >= 11 is 2.29. The van der Waals surface area contributed by atoms with E-state index in [-0.39, 0.29) is 17.6 Å². The van der Waals surface area contributed by atoms with Crippen LogP contribution >= 0.6 is 23.1 Å². The second kappa shape index (κ2) is 7.13. The number of carbonyl (C=O) groups excluding carboxylic acids is 1. The van der Waals surface area contributed by atoms with Gasteiger partial charge in [0.15, 0.2) is 15.9 Å². The van der Waals surface area contributed by atoms with E-state index in [0.29, 0.717) is 20.2 Å². The predicted octanol–water partition coefficient (Wildman–Crippen LogP) is 3.60. The highest BCUT2D eigenvalue weighted by Gasteiger charge is 2.24. The zero-order chi connectivity index (χ0) is 18.8. The Kier molecular flexibility index (Phi) is 4.52. The molecule has 2 aromatic heterocycles. The average Bonchev–Trinajstić information content (AvgIpc) is 3.37. The van der Waals surface area contributed by atoms with Crippen molar-refractivity contribution >= 4 is 51.3 Å². The molecule has 3 aromatic rings. The number of carbonyl (C=O) groups is 1. The standard InChI is InChI=1S/C16H9N5O4S2/c22-13-11(8-9-4-2-1-3-5-9)26-15(17-13)18-16-20-19-14(27-16)10-6-7-12(25-10)21(23)24/h1-8H,(H,17,18,20,22). The fourth-order valence-corrected chi connectivity index (χ4v) is 3.73. The minimum atomic E-state index is -0.628. The van der Waals surface area contributed by atoms with E-state index in [4.69, 9.17) is 4.42 Å². The second-order valence-corrected chi connectivity index (χ2v) is 7.16. The van der Waals surface area contributed by atoms with Crippen LogP contribution in [0.4, 0.5) is 11.0 Å². The lowest BCUT2D eigenvalue weighted by Crippen LogP contribution is -2.19. The molecule has 0 saturated carbocycles. The van der Waals surface area contributed by atoms with E-state index in [9.17, 15) is 14.9 Å². The van der Waals surface area contributed by atoms with Gasteiger partial charge in [-0.2, -0.15) is 4.99 Å². The molecule has 1 aliphatic heterocycles. The summed E-state index contributed by atoms with van der Waals surface area (Å²) < 4.78 is 5.09. The summed E-state index contributed by atoms with van der Waals surface area (Å²) in [5.41, 5.74) is 0.911. The van der Waals surface area contributed by atoms with Crippen LogP contribution in [0.2, 0.25) is 0 Å². The maximum Gasteiger partial charge on any atom is 0.433 e. The first-order chi connectivity index (χ1) is 13.1. The number of hydrogen-bond donors (Lipinski definition) is 1. The predicted molar refractivity (Wildman–Crippen MR) is 102 cm³/mol. The summed E-state index contributed by atoms with van der Waals surface area (Å²) in [5.74, 6) is -0.380. The zero-order valence-electron chi connectivity index (χ0n) is 13.4. The van der Waals surface area contributed by atoms with Crippen LogP contribution in [0.5, 0.6) is 0 Å². The Hall–Kier alpha value is -3.31. The Morgan fingerprint density at radius 2 is 2.00 bits per heavy atom. The Morgan fingerprint density at radius 1 is 1.19 bits per heavy atom. The van der Waals surface area contributed by atoms with Crippen LogP contribution < -0.4 is 5.32 Å². The molecule has 0 radical (unpaired) electrons. The number of hydrogen-bond acceptors (Lipinski definition) is 9. The van der Waals surface area contributed by atoms with E-state index in [1.807, 2.05) is 30.3 Å². The van der Waals surface area contributed by atoms with Crippen molar-refractivity contribution in [2.75, 3.05) is 0 Å². The van der Waals surface area contributed by atoms with Crippen LogP contribution in [-0.4, -0.2) is 26.2 Å². The summed E-state index contributed by atoms with van der Waals surface area (Å²) in [5, 5.41) is 22.2. The van der Waals surface area contributed by atoms with Gasteiger partial charge in [-0.1, -0.05) is 41.7 Å². The van der Waals surface area contributed by atoms with E-state index >= 15 is 0 Å². The van der Waals surface area contributed by atoms with Gasteiger partial charge in [0, 0.05) is 0 Å². The van der Waals surface area contributed by atoms with Gasteiger partial charge in [0.05, 0.1) is 11.0 Å². The van der Waals surface area contributed by atoms with Gasteiger partial charge in [0.1, 0.15) is 4.92 Å². The number of benzene rings is 1. The van der Waals surface area contributed by atoms with Crippen molar-refractivity contribution < 1.29 is 14.1 Å². The third-order valence-corrected chi connectivity index (χ3v) is 5.08. The summed E-state index contributed by atoms with van der Waals surface area (Å²) in [6.07, 6.45) is 1.77. The van der Waals surface area contributed by atoms with Gasteiger partial charge in [-0.05, 0) is 29.5 Å². The molecular weight excluding hydrogens is 390 g/mol. The lowest BCUT2D eigenvalue weighted by molar-refractivity contribution is -0.401. The van der Waals surface area contributed by atoms with E-state index in [1.165, 1.54) is 23.9 Å². The van der Waals surface area contributed by atoms with Gasteiger partial charge in [-0.3, -0.25) is 14.9 Å². The molecule has 0 unspecified atom stereocenters. The third-order valence-electron chi connectivity index (χ3n) is 3.34. The molecular formula is C16H9N5O4S2. The molecule has 1 amide bonds. The Bertz CT molecular complexity index is 1090. The van der Waals surface area contributed by atoms with Crippen LogP contribution in [0.3, 0.4) is 0 Å². The van der Waals surface area contributed by atoms with Crippen molar-refractivity contribution in [3.05, 3.63) is 63.0 Å². The number of nitrogens with zero attached hydrogens (tertiary/aromatic N) is 4. The van der Waals surface area contributed by atoms with E-state index in [2.05, 4.69) is 20.5 Å². The van der Waals surface area contributed by atoms with Crippen LogP contribution in [0.25, 0.3) is 16.8 Å². The largest absolute Gasteiger partial charge is 0.433 e. The van der Waals surface area contributed by atoms with Crippen molar-refractivity contribution in [1.82, 2.24) is 15.5 Å². The topological polar surface area (TPSA) is 124 Å². The molecule has 9 nitrogen and oxygen atoms in total. The number of furan rings is 1. The molecule has 3 heterocycles. The van der Waals surface area contributed by atoms with E-state index in [1.54, 1.807) is 6.08 Å². The van der Waals surface area contributed by atoms with Crippen LogP contribution in [0, 0.1) is 10.1 Å². The summed E-state index contributed by atoms with van der Waals surface area (Å²) in [6, 6.07) is 12.2. The molecule has 1 fully saturated rings. The Morgan fingerprint density at radius 3 is 2.74 bits per heavy atom. The number of thioether (sulfide) groups is 1. The summed E-state index contributed by atoms with van der Waals surface area (Å²) in [7, 11) is 0. The van der Waals surface area contributed by atoms with Crippen LogP contribution in [0.1, 0.15) is 5.56 Å². The number of nitrogens with one attached hydrogen (secondary N) is 1. The average molecular weight is 399 g/mol. The minimum Gasteiger partial charge on any atom is -0.398 e. The molecule has 11 heteroatoms. The van der Waals surface area contributed by atoms with Crippen molar-refractivity contribution in [2.24, 2.45) is 4.99 Å². The van der Waals surface area contributed by atoms with Crippen LogP contribution in [0.15, 0.2) is 56.8 Å². The summed E-state index contributed by atoms with van der Waals surface area (Å²) in [4.78, 5) is 26.9. The molecule has 1 N–H and O–H groups in total. The molecule has 27 heavy (non-hydrogen) atoms. The first-order valence-electron chi connectivity index (χ1n) is 7.51. The van der Waals surface area contributed by atoms with E-state index < -0.39 is 4.92 Å². The van der Waals surface area contributed by atoms with Crippen molar-refractivity contribution in [3.8, 4) is 10.8 Å². The molecule has 1 saturated heterocycles. The highest BCUT2D eigenvalue weighted by molar-refractivity contribution is 8.18. The maximum absolute atomic E-state index is 12.1. The quantitative estimate of drug-likeness (QED) is 0.404. The smallest absolute Gasteiger partial charge is 0.398 e. The lowest BCUT2D eigenvalue weighted by atomic mass is 10.2. The molecule has 1 aliphatic rings. The van der Waals surface area contributed by atoms with Gasteiger partial charge in [-0.15, -0.1) is 10.2 Å². The van der Waals surface area contributed by atoms with Crippen molar-refractivity contribution in [1.29, 1.82) is 0 Å². The molecule has 0 atom stereocenters. The minimum absolute atomic E-state index is 0.235. The van der Waals surface area contributed by atoms with Crippen LogP contribution in [-0.2, 0) is 4.79 Å². The first kappa shape index (κ1) is 17.1. The van der Waals surface area contributed by atoms with E-state index in [0.717, 1.165) is 16.9 Å². The fourth-order valence-electron chi connectivity index (χ4n) is 2.17. The van der Waals surface area contributed by atoms with Gasteiger partial charge in [0.25, 0.3) is 5.91 Å². The zero-order valence-corrected chi connectivity index (χ0v) is 15.0. The molecule has 4 rings (SSSR count). The van der Waals surface area contributed by atoms with Crippen molar-refractivity contribution in [2.45, 2.75) is 0 Å². The Labute approximate surface area is 160 Å². The monoisotopic (exact) mass is 399 g/mol. The molecule has 0 bridgehead atoms. The van der Waals surface area contributed by atoms with Crippen molar-refractivity contribution in [3.63, 3.8) is 0 Å². The maximum atomic E-state index is 12.1. The normalized spacial score (nSPS) is 16.8. The highest BCUT2D eigenvalue weighted by atomic mass is 32.2. The number of rotatable bonds is 4. The SMILES string of the molecule is O=C1NC(=Nc2nnc(-c3ccc([N+](=O)[O-])o3)s2)SC1=Cc1ccccc1. The van der Waals surface area contributed by atoms with Gasteiger partial charge >= 0.3 is 5.88 Å². The molecule has 0 aliphatic carbocycles. The Balaban J connectivity index is 1.53. The number of amides is 1. The summed E-state index contributed by atoms with van der Waals surface area (Å²) in [6.45, 7) is 0. The third kappa shape index (κ3) is 3.78. The molecule has 0 spiro atoms. The molecule has 134 valence electrons. The number of nitro groups is 1. The fraction of sp³-hybridized carbons (Fsp3) is 0. The number of aliphatic imine (C=N–C) groups is 1. The van der Waals surface area contributed by atoms with Gasteiger partial charge in [0.2, 0.25) is 5.13 Å². The number of aromatic nitrogens is 2. The highest BCUT2D eigenvalue weighted by Crippen LogP contribution is 2.33. The molecule has 1 aromatic carbocycles. The van der Waals surface area contributed by atoms with Gasteiger partial charge < -0.3 is 9.73 Å².